The highest BCUT2D eigenvalue weighted by molar-refractivity contribution is 5.10. The van der Waals surface area contributed by atoms with Gasteiger partial charge in [0.15, 0.2) is 0 Å². The molecule has 0 aliphatic carbocycles. The molecule has 2 unspecified atom stereocenters. The molecule has 2 aliphatic rings. The van der Waals surface area contributed by atoms with Gasteiger partial charge in [-0.15, -0.1) is 0 Å². The second-order valence-electron chi connectivity index (χ2n) is 4.26. The van der Waals surface area contributed by atoms with Crippen LogP contribution in [0.4, 0.5) is 0 Å². The third-order valence-electron chi connectivity index (χ3n) is 3.13. The Balaban J connectivity index is 1.87. The minimum Gasteiger partial charge on any atom is -0.501 e. The zero-order chi connectivity index (χ0) is 10.5. The van der Waals surface area contributed by atoms with E-state index >= 15 is 0 Å². The zero-order valence-corrected chi connectivity index (χ0v) is 9.08. The number of hydrogen-bond acceptors (Lipinski definition) is 4. The molecule has 1 fully saturated rings. The molecule has 0 radical (unpaired) electrons. The first-order chi connectivity index (χ1) is 7.40. The van der Waals surface area contributed by atoms with E-state index in [0.29, 0.717) is 6.10 Å². The summed E-state index contributed by atoms with van der Waals surface area (Å²) in [7, 11) is 0. The van der Waals surface area contributed by atoms with E-state index in [4.69, 9.17) is 15.3 Å². The van der Waals surface area contributed by atoms with Crippen molar-refractivity contribution in [3.63, 3.8) is 0 Å². The molecule has 0 bridgehead atoms. The third-order valence-corrected chi connectivity index (χ3v) is 3.13. The van der Waals surface area contributed by atoms with Gasteiger partial charge in [-0.2, -0.15) is 0 Å². The van der Waals surface area contributed by atoms with Crippen LogP contribution in [0.15, 0.2) is 11.8 Å². The summed E-state index contributed by atoms with van der Waals surface area (Å²) in [6.07, 6.45) is 7.71. The van der Waals surface area contributed by atoms with Crippen LogP contribution in [0.2, 0.25) is 0 Å². The first-order valence-corrected chi connectivity index (χ1v) is 5.78. The number of rotatable bonds is 4. The van der Waals surface area contributed by atoms with E-state index in [0.717, 1.165) is 38.9 Å². The number of nitrogens with one attached hydrogen (secondary N) is 1. The maximum absolute atomic E-state index is 5.61. The van der Waals surface area contributed by atoms with Gasteiger partial charge in [-0.05, 0) is 37.7 Å². The average molecular weight is 212 g/mol. The molecule has 0 amide bonds. The monoisotopic (exact) mass is 212 g/mol. The molecule has 2 rings (SSSR count). The minimum absolute atomic E-state index is 0.216. The normalized spacial score (nSPS) is 28.3. The Labute approximate surface area is 90.8 Å². The summed E-state index contributed by atoms with van der Waals surface area (Å²) in [5.41, 5.74) is 4.15. The molecule has 4 heteroatoms. The molecule has 0 aromatic heterocycles. The van der Waals surface area contributed by atoms with Crippen LogP contribution >= 0.6 is 0 Å². The number of hydrazine groups is 1. The Morgan fingerprint density at radius 1 is 1.47 bits per heavy atom. The average Bonchev–Trinajstić information content (AvgIpc) is 2.80. The van der Waals surface area contributed by atoms with Crippen LogP contribution in [-0.2, 0) is 9.47 Å². The van der Waals surface area contributed by atoms with Crippen molar-refractivity contribution in [1.82, 2.24) is 5.43 Å². The smallest absolute Gasteiger partial charge is 0.0876 e. The SMILES string of the molecule is NNC(CC1CCCO1)C1=COCCC1. The van der Waals surface area contributed by atoms with Crippen molar-refractivity contribution in [2.75, 3.05) is 13.2 Å². The lowest BCUT2D eigenvalue weighted by atomic mass is 9.96. The lowest BCUT2D eigenvalue weighted by Gasteiger charge is -2.24. The molecule has 1 saturated heterocycles. The zero-order valence-electron chi connectivity index (χ0n) is 9.08. The first-order valence-electron chi connectivity index (χ1n) is 5.78. The molecule has 0 aromatic carbocycles. The highest BCUT2D eigenvalue weighted by atomic mass is 16.5. The van der Waals surface area contributed by atoms with Crippen molar-refractivity contribution in [3.8, 4) is 0 Å². The molecule has 15 heavy (non-hydrogen) atoms. The second-order valence-corrected chi connectivity index (χ2v) is 4.26. The highest BCUT2D eigenvalue weighted by Gasteiger charge is 2.23. The molecule has 86 valence electrons. The molecule has 0 aromatic rings. The van der Waals surface area contributed by atoms with Gasteiger partial charge in [-0.25, -0.2) is 0 Å². The van der Waals surface area contributed by atoms with Crippen LogP contribution in [0, 0.1) is 0 Å². The van der Waals surface area contributed by atoms with Crippen LogP contribution < -0.4 is 11.3 Å². The largest absolute Gasteiger partial charge is 0.501 e. The van der Waals surface area contributed by atoms with Gasteiger partial charge >= 0.3 is 0 Å². The fraction of sp³-hybridized carbons (Fsp3) is 0.818. The molecule has 0 saturated carbocycles. The Morgan fingerprint density at radius 2 is 2.40 bits per heavy atom. The van der Waals surface area contributed by atoms with E-state index in [1.807, 2.05) is 6.26 Å². The molecular weight excluding hydrogens is 192 g/mol. The van der Waals surface area contributed by atoms with Crippen molar-refractivity contribution in [2.45, 2.75) is 44.2 Å². The summed E-state index contributed by atoms with van der Waals surface area (Å²) in [5.74, 6) is 5.58. The Kier molecular flexibility index (Phi) is 4.00. The number of ether oxygens (including phenoxy) is 2. The summed E-state index contributed by atoms with van der Waals surface area (Å²) in [6, 6.07) is 0.216. The molecular formula is C11H20N2O2. The molecule has 0 spiro atoms. The van der Waals surface area contributed by atoms with Gasteiger partial charge in [0.05, 0.1) is 19.0 Å². The van der Waals surface area contributed by atoms with E-state index in [9.17, 15) is 0 Å². The Hall–Kier alpha value is -0.580. The van der Waals surface area contributed by atoms with Gasteiger partial charge in [0.2, 0.25) is 0 Å². The summed E-state index contributed by atoms with van der Waals surface area (Å²) < 4.78 is 10.9. The van der Waals surface area contributed by atoms with Gasteiger partial charge in [0.1, 0.15) is 0 Å². The maximum atomic E-state index is 5.61. The van der Waals surface area contributed by atoms with Gasteiger partial charge in [0, 0.05) is 12.6 Å². The van der Waals surface area contributed by atoms with Gasteiger partial charge in [-0.3, -0.25) is 11.3 Å². The molecule has 2 aliphatic heterocycles. The number of hydrogen-bond donors (Lipinski definition) is 2. The van der Waals surface area contributed by atoms with Crippen molar-refractivity contribution in [2.24, 2.45) is 5.84 Å². The fourth-order valence-electron chi connectivity index (χ4n) is 2.26. The van der Waals surface area contributed by atoms with E-state index in [1.54, 1.807) is 0 Å². The fourth-order valence-corrected chi connectivity index (χ4v) is 2.26. The van der Waals surface area contributed by atoms with Crippen LogP contribution in [0.5, 0.6) is 0 Å². The number of nitrogens with two attached hydrogens (primary N) is 1. The van der Waals surface area contributed by atoms with Crippen LogP contribution in [0.1, 0.15) is 32.1 Å². The van der Waals surface area contributed by atoms with Gasteiger partial charge in [0.25, 0.3) is 0 Å². The van der Waals surface area contributed by atoms with E-state index in [-0.39, 0.29) is 6.04 Å². The van der Waals surface area contributed by atoms with E-state index in [1.165, 1.54) is 12.0 Å². The second kappa shape index (κ2) is 5.49. The molecule has 3 N–H and O–H groups in total. The highest BCUT2D eigenvalue weighted by Crippen LogP contribution is 2.23. The first kappa shape index (κ1) is 10.9. The maximum Gasteiger partial charge on any atom is 0.0876 e. The van der Waals surface area contributed by atoms with Crippen molar-refractivity contribution >= 4 is 0 Å². The summed E-state index contributed by atoms with van der Waals surface area (Å²) >= 11 is 0. The predicted octanol–water partition coefficient (Wildman–Crippen LogP) is 1.08. The third kappa shape index (κ3) is 2.93. The van der Waals surface area contributed by atoms with E-state index in [2.05, 4.69) is 5.43 Å². The minimum atomic E-state index is 0.216. The van der Waals surface area contributed by atoms with Crippen LogP contribution in [0.3, 0.4) is 0 Å². The molecule has 4 nitrogen and oxygen atoms in total. The topological polar surface area (TPSA) is 56.5 Å². The van der Waals surface area contributed by atoms with Crippen molar-refractivity contribution < 1.29 is 9.47 Å². The lowest BCUT2D eigenvalue weighted by Crippen LogP contribution is -2.39. The van der Waals surface area contributed by atoms with Crippen LogP contribution in [-0.4, -0.2) is 25.4 Å². The molecule has 2 heterocycles. The Morgan fingerprint density at radius 3 is 3.00 bits per heavy atom. The van der Waals surface area contributed by atoms with Crippen molar-refractivity contribution in [1.29, 1.82) is 0 Å². The van der Waals surface area contributed by atoms with Gasteiger partial charge < -0.3 is 9.47 Å². The summed E-state index contributed by atoms with van der Waals surface area (Å²) in [5, 5.41) is 0. The van der Waals surface area contributed by atoms with Crippen LogP contribution in [0.25, 0.3) is 0 Å². The molecule has 2 atom stereocenters. The summed E-state index contributed by atoms with van der Waals surface area (Å²) in [6.45, 7) is 1.73. The van der Waals surface area contributed by atoms with Gasteiger partial charge in [-0.1, -0.05) is 0 Å². The standard InChI is InChI=1S/C11H20N2O2/c12-13-11(7-10-4-2-6-15-10)9-3-1-5-14-8-9/h8,10-11,13H,1-7,12H2. The Bertz CT molecular complexity index is 225. The van der Waals surface area contributed by atoms with Crippen molar-refractivity contribution in [3.05, 3.63) is 11.8 Å². The summed E-state index contributed by atoms with van der Waals surface area (Å²) in [4.78, 5) is 0. The van der Waals surface area contributed by atoms with E-state index < -0.39 is 0 Å². The predicted molar refractivity (Wildman–Crippen MR) is 58.0 cm³/mol. The quantitative estimate of drug-likeness (QED) is 0.541. The lowest BCUT2D eigenvalue weighted by molar-refractivity contribution is 0.0961.